The summed E-state index contributed by atoms with van der Waals surface area (Å²) in [6, 6.07) is 1.75. The molecule has 1 amide bonds. The number of hydrogen-bond acceptors (Lipinski definition) is 5. The molecule has 0 bridgehead atoms. The Morgan fingerprint density at radius 2 is 2.24 bits per heavy atom. The van der Waals surface area contributed by atoms with Crippen molar-refractivity contribution in [2.75, 3.05) is 13.2 Å². The van der Waals surface area contributed by atoms with E-state index in [-0.39, 0.29) is 6.10 Å². The minimum atomic E-state index is -4.91. The summed E-state index contributed by atoms with van der Waals surface area (Å²) in [5.41, 5.74) is 2.60. The van der Waals surface area contributed by atoms with E-state index in [1.807, 2.05) is 13.1 Å². The smallest absolute Gasteiger partial charge is 0.376 e. The van der Waals surface area contributed by atoms with Crippen molar-refractivity contribution in [3.8, 4) is 23.2 Å². The first-order valence-electron chi connectivity index (χ1n) is 9.15. The van der Waals surface area contributed by atoms with E-state index < -0.39 is 18.6 Å². The van der Waals surface area contributed by atoms with Crippen LogP contribution in [0.25, 0.3) is 11.4 Å². The predicted molar refractivity (Wildman–Crippen MR) is 97.5 cm³/mol. The van der Waals surface area contributed by atoms with Gasteiger partial charge in [0.1, 0.15) is 5.69 Å². The van der Waals surface area contributed by atoms with Crippen molar-refractivity contribution in [2.24, 2.45) is 0 Å². The van der Waals surface area contributed by atoms with Gasteiger partial charge in [-0.1, -0.05) is 17.1 Å². The molecule has 29 heavy (non-hydrogen) atoms. The Kier molecular flexibility index (Phi) is 6.49. The van der Waals surface area contributed by atoms with Crippen LogP contribution in [0, 0.1) is 18.8 Å². The van der Waals surface area contributed by atoms with E-state index in [0.717, 1.165) is 31.4 Å². The fourth-order valence-electron chi connectivity index (χ4n) is 2.94. The van der Waals surface area contributed by atoms with Crippen LogP contribution >= 0.6 is 0 Å². The second-order valence-corrected chi connectivity index (χ2v) is 6.69. The zero-order valence-electron chi connectivity index (χ0n) is 15.8. The summed E-state index contributed by atoms with van der Waals surface area (Å²) in [6.45, 7) is 2.84. The topological polar surface area (TPSA) is 81.9 Å². The highest BCUT2D eigenvalue weighted by atomic mass is 19.4. The molecular formula is C19H20F3N5O2. The van der Waals surface area contributed by atoms with E-state index in [1.165, 1.54) is 6.20 Å². The van der Waals surface area contributed by atoms with Crippen LogP contribution in [0.1, 0.15) is 30.4 Å². The van der Waals surface area contributed by atoms with Crippen molar-refractivity contribution < 1.29 is 22.7 Å². The molecule has 0 aromatic carbocycles. The van der Waals surface area contributed by atoms with Crippen molar-refractivity contribution in [1.29, 1.82) is 0 Å². The number of alkyl halides is 3. The van der Waals surface area contributed by atoms with Crippen LogP contribution in [0.15, 0.2) is 18.5 Å². The maximum absolute atomic E-state index is 12.1. The molecule has 2 aromatic heterocycles. The predicted octanol–water partition coefficient (Wildman–Crippen LogP) is 2.25. The molecule has 0 radical (unpaired) electrons. The molecule has 0 aliphatic carbocycles. The molecule has 2 aromatic rings. The number of carbonyl (C=O) groups excluding carboxylic acids is 1. The quantitative estimate of drug-likeness (QED) is 0.787. The molecule has 3 heterocycles. The van der Waals surface area contributed by atoms with Gasteiger partial charge in [-0.3, -0.25) is 9.78 Å². The molecule has 3 rings (SSSR count). The average Bonchev–Trinajstić information content (AvgIpc) is 3.13. The van der Waals surface area contributed by atoms with Crippen molar-refractivity contribution in [3.63, 3.8) is 0 Å². The Hall–Kier alpha value is -2.93. The average molecular weight is 407 g/mol. The van der Waals surface area contributed by atoms with E-state index in [0.29, 0.717) is 23.5 Å². The number of aromatic nitrogens is 4. The normalized spacial score (nSPS) is 16.8. The minimum absolute atomic E-state index is 0.142. The van der Waals surface area contributed by atoms with Gasteiger partial charge in [0.05, 0.1) is 31.1 Å². The van der Waals surface area contributed by atoms with Crippen molar-refractivity contribution in [1.82, 2.24) is 25.3 Å². The molecule has 1 aliphatic rings. The summed E-state index contributed by atoms with van der Waals surface area (Å²) in [6.07, 6.45) is 1.78. The van der Waals surface area contributed by atoms with Crippen LogP contribution in [0.5, 0.6) is 0 Å². The Morgan fingerprint density at radius 1 is 1.41 bits per heavy atom. The molecule has 0 saturated carbocycles. The largest absolute Gasteiger partial charge is 0.471 e. The highest BCUT2D eigenvalue weighted by Crippen LogP contribution is 2.20. The van der Waals surface area contributed by atoms with E-state index in [1.54, 1.807) is 16.1 Å². The number of halogens is 3. The zero-order chi connectivity index (χ0) is 20.9. The molecule has 154 valence electrons. The molecule has 1 fully saturated rings. The maximum Gasteiger partial charge on any atom is 0.471 e. The first-order valence-corrected chi connectivity index (χ1v) is 9.15. The van der Waals surface area contributed by atoms with Crippen LogP contribution < -0.4 is 5.32 Å². The summed E-state index contributed by atoms with van der Waals surface area (Å²) in [4.78, 5) is 15.1. The first-order chi connectivity index (χ1) is 13.8. The third-order valence-corrected chi connectivity index (χ3v) is 4.35. The molecule has 0 spiro atoms. The molecule has 1 saturated heterocycles. The highest BCUT2D eigenvalue weighted by Gasteiger charge is 2.38. The molecule has 1 N–H and O–H groups in total. The summed E-state index contributed by atoms with van der Waals surface area (Å²) in [5.74, 6) is 3.14. The van der Waals surface area contributed by atoms with Gasteiger partial charge in [-0.2, -0.15) is 13.2 Å². The number of ether oxygens (including phenoxy) is 1. The Balaban J connectivity index is 1.61. The first kappa shape index (κ1) is 20.8. The number of hydrogen-bond donors (Lipinski definition) is 1. The van der Waals surface area contributed by atoms with Crippen LogP contribution in [0.4, 0.5) is 13.2 Å². The number of rotatable bonds is 4. The lowest BCUT2D eigenvalue weighted by Gasteiger charge is -2.21. The Morgan fingerprint density at radius 3 is 2.93 bits per heavy atom. The van der Waals surface area contributed by atoms with E-state index >= 15 is 0 Å². The standard InChI is InChI=1S/C19H20F3N5O2/c1-13-9-14(5-4-7-23-18(28)19(20,21)22)10-24-17(13)16-12-27(26-25-16)11-15-6-2-3-8-29-15/h9-10,12,15H,2-3,6-8,11H2,1H3,(H,23,28). The number of nitrogens with one attached hydrogen (secondary N) is 1. The van der Waals surface area contributed by atoms with Crippen LogP contribution in [0.2, 0.25) is 0 Å². The maximum atomic E-state index is 12.1. The minimum Gasteiger partial charge on any atom is -0.376 e. The van der Waals surface area contributed by atoms with Gasteiger partial charge in [0.15, 0.2) is 0 Å². The zero-order valence-corrected chi connectivity index (χ0v) is 15.8. The van der Waals surface area contributed by atoms with Gasteiger partial charge in [-0.05, 0) is 37.8 Å². The second kappa shape index (κ2) is 9.05. The fraction of sp³-hybridized carbons (Fsp3) is 0.474. The van der Waals surface area contributed by atoms with E-state index in [4.69, 9.17) is 4.74 Å². The lowest BCUT2D eigenvalue weighted by molar-refractivity contribution is -0.173. The SMILES string of the molecule is Cc1cc(C#CCNC(=O)C(F)(F)F)cnc1-c1cn(CC2CCCCO2)nn1. The Bertz CT molecular complexity index is 924. The number of nitrogens with zero attached hydrogens (tertiary/aromatic N) is 4. The van der Waals surface area contributed by atoms with Crippen LogP contribution in [0.3, 0.4) is 0 Å². The Labute approximate surface area is 165 Å². The summed E-state index contributed by atoms with van der Waals surface area (Å²) in [5, 5.41) is 9.99. The van der Waals surface area contributed by atoms with E-state index in [2.05, 4.69) is 27.1 Å². The summed E-state index contributed by atoms with van der Waals surface area (Å²) >= 11 is 0. The lowest BCUT2D eigenvalue weighted by Crippen LogP contribution is -2.36. The van der Waals surface area contributed by atoms with Gasteiger partial charge in [0.2, 0.25) is 0 Å². The molecule has 10 heteroatoms. The molecule has 1 aliphatic heterocycles. The lowest BCUT2D eigenvalue weighted by atomic mass is 10.1. The fourth-order valence-corrected chi connectivity index (χ4v) is 2.94. The molecule has 1 atom stereocenters. The van der Waals surface area contributed by atoms with Crippen LogP contribution in [-0.4, -0.2) is 51.3 Å². The van der Waals surface area contributed by atoms with E-state index in [9.17, 15) is 18.0 Å². The molecule has 7 nitrogen and oxygen atoms in total. The highest BCUT2D eigenvalue weighted by molar-refractivity contribution is 5.81. The van der Waals surface area contributed by atoms with Gasteiger partial charge in [0, 0.05) is 18.4 Å². The third-order valence-electron chi connectivity index (χ3n) is 4.35. The van der Waals surface area contributed by atoms with Crippen molar-refractivity contribution in [2.45, 2.75) is 45.0 Å². The van der Waals surface area contributed by atoms with Crippen molar-refractivity contribution >= 4 is 5.91 Å². The molecule has 1 unspecified atom stereocenters. The third kappa shape index (κ3) is 5.77. The van der Waals surface area contributed by atoms with Gasteiger partial charge < -0.3 is 10.1 Å². The summed E-state index contributed by atoms with van der Waals surface area (Å²) in [7, 11) is 0. The number of amides is 1. The van der Waals surface area contributed by atoms with Crippen LogP contribution in [-0.2, 0) is 16.1 Å². The number of pyridine rings is 1. The monoisotopic (exact) mass is 407 g/mol. The van der Waals surface area contributed by atoms with Gasteiger partial charge in [-0.25, -0.2) is 4.68 Å². The number of aryl methyl sites for hydroxylation is 1. The molecular weight excluding hydrogens is 387 g/mol. The number of carbonyl (C=O) groups is 1. The summed E-state index contributed by atoms with van der Waals surface area (Å²) < 4.78 is 43.8. The van der Waals surface area contributed by atoms with Gasteiger partial charge in [0.25, 0.3) is 0 Å². The van der Waals surface area contributed by atoms with Gasteiger partial charge >= 0.3 is 12.1 Å². The van der Waals surface area contributed by atoms with Crippen molar-refractivity contribution in [3.05, 3.63) is 29.6 Å². The second-order valence-electron chi connectivity index (χ2n) is 6.69. The van der Waals surface area contributed by atoms with Gasteiger partial charge in [-0.15, -0.1) is 5.10 Å².